The molecule has 0 aliphatic carbocycles. The summed E-state index contributed by atoms with van der Waals surface area (Å²) < 4.78 is 5.05. The molecule has 2 rings (SSSR count). The molecule has 1 saturated heterocycles. The molecule has 23 heavy (non-hydrogen) atoms. The standard InChI is InChI=1S/C17H25N3O3/c1-23-15-9-7-14(8-10-15)18-17(22)19-16(21)13-20-11-5-3-2-4-6-12-20/h7-10H,2-6,11-13H2,1H3,(H2,18,19,21,22). The van der Waals surface area contributed by atoms with Crippen LogP contribution in [0, 0.1) is 0 Å². The molecular formula is C17H25N3O3. The normalized spacial score (nSPS) is 16.0. The van der Waals surface area contributed by atoms with Gasteiger partial charge in [-0.15, -0.1) is 0 Å². The van der Waals surface area contributed by atoms with Crippen LogP contribution in [0.4, 0.5) is 10.5 Å². The second-order valence-corrected chi connectivity index (χ2v) is 5.77. The van der Waals surface area contributed by atoms with Gasteiger partial charge in [-0.05, 0) is 50.2 Å². The number of amides is 3. The molecule has 0 aromatic heterocycles. The zero-order valence-corrected chi connectivity index (χ0v) is 13.6. The molecule has 0 spiro atoms. The van der Waals surface area contributed by atoms with Crippen molar-refractivity contribution in [3.05, 3.63) is 24.3 Å². The van der Waals surface area contributed by atoms with Crippen LogP contribution in [0.25, 0.3) is 0 Å². The van der Waals surface area contributed by atoms with Crippen molar-refractivity contribution in [1.82, 2.24) is 10.2 Å². The van der Waals surface area contributed by atoms with E-state index in [1.807, 2.05) is 0 Å². The fourth-order valence-corrected chi connectivity index (χ4v) is 2.68. The number of nitrogens with zero attached hydrogens (tertiary/aromatic N) is 1. The Morgan fingerprint density at radius 2 is 1.65 bits per heavy atom. The Kier molecular flexibility index (Phi) is 6.87. The number of methoxy groups -OCH3 is 1. The third kappa shape index (κ3) is 6.28. The van der Waals surface area contributed by atoms with Crippen LogP contribution in [-0.2, 0) is 4.79 Å². The van der Waals surface area contributed by atoms with Crippen molar-refractivity contribution in [3.63, 3.8) is 0 Å². The number of likely N-dealkylation sites (tertiary alicyclic amines) is 1. The lowest BCUT2D eigenvalue weighted by molar-refractivity contribution is -0.121. The number of carbonyl (C=O) groups excluding carboxylic acids is 2. The van der Waals surface area contributed by atoms with Gasteiger partial charge in [0.15, 0.2) is 0 Å². The summed E-state index contributed by atoms with van der Waals surface area (Å²) in [5.74, 6) is 0.445. The molecule has 2 N–H and O–H groups in total. The lowest BCUT2D eigenvalue weighted by Crippen LogP contribution is -2.42. The third-order valence-electron chi connectivity index (χ3n) is 3.92. The minimum absolute atomic E-state index is 0.267. The summed E-state index contributed by atoms with van der Waals surface area (Å²) in [5, 5.41) is 5.02. The number of anilines is 1. The van der Waals surface area contributed by atoms with E-state index in [4.69, 9.17) is 4.74 Å². The number of carbonyl (C=O) groups is 2. The van der Waals surface area contributed by atoms with Gasteiger partial charge in [0.05, 0.1) is 13.7 Å². The Balaban J connectivity index is 1.75. The van der Waals surface area contributed by atoms with E-state index >= 15 is 0 Å². The van der Waals surface area contributed by atoms with Gasteiger partial charge < -0.3 is 10.1 Å². The molecule has 1 aromatic rings. The van der Waals surface area contributed by atoms with Crippen molar-refractivity contribution < 1.29 is 14.3 Å². The second-order valence-electron chi connectivity index (χ2n) is 5.77. The van der Waals surface area contributed by atoms with Crippen LogP contribution in [0.15, 0.2) is 24.3 Å². The molecule has 1 fully saturated rings. The quantitative estimate of drug-likeness (QED) is 0.895. The van der Waals surface area contributed by atoms with Crippen molar-refractivity contribution in [2.24, 2.45) is 0 Å². The van der Waals surface area contributed by atoms with E-state index in [9.17, 15) is 9.59 Å². The maximum Gasteiger partial charge on any atom is 0.325 e. The van der Waals surface area contributed by atoms with Gasteiger partial charge in [0.2, 0.25) is 5.91 Å². The number of benzene rings is 1. The molecule has 0 saturated carbocycles. The molecule has 126 valence electrons. The van der Waals surface area contributed by atoms with Gasteiger partial charge >= 0.3 is 6.03 Å². The number of imide groups is 1. The third-order valence-corrected chi connectivity index (χ3v) is 3.92. The van der Waals surface area contributed by atoms with E-state index in [0.717, 1.165) is 25.9 Å². The zero-order valence-electron chi connectivity index (χ0n) is 13.6. The first kappa shape index (κ1) is 17.3. The maximum absolute atomic E-state index is 12.0. The number of urea groups is 1. The summed E-state index contributed by atoms with van der Waals surface area (Å²) in [6, 6.07) is 6.43. The Morgan fingerprint density at radius 3 is 2.26 bits per heavy atom. The molecule has 0 unspecified atom stereocenters. The van der Waals surface area contributed by atoms with Crippen LogP contribution >= 0.6 is 0 Å². The number of nitrogens with one attached hydrogen (secondary N) is 2. The van der Waals surface area contributed by atoms with Crippen LogP contribution in [-0.4, -0.2) is 43.6 Å². The highest BCUT2D eigenvalue weighted by Gasteiger charge is 2.14. The summed E-state index contributed by atoms with van der Waals surface area (Å²) >= 11 is 0. The van der Waals surface area contributed by atoms with Crippen molar-refractivity contribution in [2.45, 2.75) is 32.1 Å². The van der Waals surface area contributed by atoms with Crippen LogP contribution in [0.1, 0.15) is 32.1 Å². The highest BCUT2D eigenvalue weighted by Crippen LogP contribution is 2.14. The molecule has 6 heteroatoms. The molecule has 0 atom stereocenters. The van der Waals surface area contributed by atoms with Crippen LogP contribution in [0.2, 0.25) is 0 Å². The topological polar surface area (TPSA) is 70.7 Å². The summed E-state index contributed by atoms with van der Waals surface area (Å²) in [4.78, 5) is 25.9. The number of ether oxygens (including phenoxy) is 1. The highest BCUT2D eigenvalue weighted by molar-refractivity contribution is 6.01. The highest BCUT2D eigenvalue weighted by atomic mass is 16.5. The number of hydrogen-bond acceptors (Lipinski definition) is 4. The molecular weight excluding hydrogens is 294 g/mol. The molecule has 1 heterocycles. The van der Waals surface area contributed by atoms with Crippen LogP contribution in [0.5, 0.6) is 5.75 Å². The van der Waals surface area contributed by atoms with Gasteiger partial charge in [0.25, 0.3) is 0 Å². The average molecular weight is 319 g/mol. The average Bonchev–Trinajstić information content (AvgIpc) is 2.50. The Labute approximate surface area is 137 Å². The number of rotatable bonds is 4. The van der Waals surface area contributed by atoms with E-state index < -0.39 is 6.03 Å². The van der Waals surface area contributed by atoms with E-state index in [-0.39, 0.29) is 12.5 Å². The van der Waals surface area contributed by atoms with E-state index in [1.54, 1.807) is 31.4 Å². The second kappa shape index (κ2) is 9.15. The molecule has 1 aliphatic heterocycles. The molecule has 6 nitrogen and oxygen atoms in total. The largest absolute Gasteiger partial charge is 0.497 e. The molecule has 0 radical (unpaired) electrons. The molecule has 1 aliphatic rings. The summed E-state index contributed by atoms with van der Waals surface area (Å²) in [6.45, 7) is 2.12. The van der Waals surface area contributed by atoms with E-state index in [2.05, 4.69) is 15.5 Å². The van der Waals surface area contributed by atoms with Crippen molar-refractivity contribution >= 4 is 17.6 Å². The Morgan fingerprint density at radius 1 is 1.04 bits per heavy atom. The fourth-order valence-electron chi connectivity index (χ4n) is 2.68. The maximum atomic E-state index is 12.0. The van der Waals surface area contributed by atoms with Crippen molar-refractivity contribution in [3.8, 4) is 5.75 Å². The predicted octanol–water partition coefficient (Wildman–Crippen LogP) is 2.61. The minimum atomic E-state index is -0.507. The predicted molar refractivity (Wildman–Crippen MR) is 89.7 cm³/mol. The lowest BCUT2D eigenvalue weighted by atomic mass is 10.1. The number of hydrogen-bond donors (Lipinski definition) is 2. The van der Waals surface area contributed by atoms with Crippen LogP contribution in [0.3, 0.4) is 0 Å². The fraction of sp³-hybridized carbons (Fsp3) is 0.529. The molecule has 3 amide bonds. The molecule has 1 aromatic carbocycles. The Bertz CT molecular complexity index is 508. The monoisotopic (exact) mass is 319 g/mol. The lowest BCUT2D eigenvalue weighted by Gasteiger charge is -2.23. The minimum Gasteiger partial charge on any atom is -0.497 e. The SMILES string of the molecule is COc1ccc(NC(=O)NC(=O)CN2CCCCCCC2)cc1. The summed E-state index contributed by atoms with van der Waals surface area (Å²) in [6.07, 6.45) is 5.95. The van der Waals surface area contributed by atoms with Gasteiger partial charge in [-0.2, -0.15) is 0 Å². The molecule has 0 bridgehead atoms. The van der Waals surface area contributed by atoms with Gasteiger partial charge in [0.1, 0.15) is 5.75 Å². The van der Waals surface area contributed by atoms with Gasteiger partial charge in [-0.25, -0.2) is 4.79 Å². The van der Waals surface area contributed by atoms with E-state index in [1.165, 1.54) is 19.3 Å². The zero-order chi connectivity index (χ0) is 16.5. The van der Waals surface area contributed by atoms with Gasteiger partial charge in [-0.3, -0.25) is 15.0 Å². The van der Waals surface area contributed by atoms with Crippen LogP contribution < -0.4 is 15.4 Å². The first-order valence-electron chi connectivity index (χ1n) is 8.14. The van der Waals surface area contributed by atoms with Crippen molar-refractivity contribution in [2.75, 3.05) is 32.1 Å². The summed E-state index contributed by atoms with van der Waals surface area (Å²) in [7, 11) is 1.58. The van der Waals surface area contributed by atoms with Gasteiger partial charge in [0, 0.05) is 5.69 Å². The van der Waals surface area contributed by atoms with Gasteiger partial charge in [-0.1, -0.05) is 19.3 Å². The summed E-state index contributed by atoms with van der Waals surface area (Å²) in [5.41, 5.74) is 0.613. The first-order valence-corrected chi connectivity index (χ1v) is 8.14. The van der Waals surface area contributed by atoms with Crippen molar-refractivity contribution in [1.29, 1.82) is 0 Å². The first-order chi connectivity index (χ1) is 11.2. The van der Waals surface area contributed by atoms with E-state index in [0.29, 0.717) is 11.4 Å². The Hall–Kier alpha value is -2.08. The smallest absolute Gasteiger partial charge is 0.325 e.